The Morgan fingerprint density at radius 3 is 2.67 bits per heavy atom. The molecule has 0 fully saturated rings. The average Bonchev–Trinajstić information content (AvgIpc) is 2.39. The molecule has 1 aromatic heterocycles. The fraction of sp³-hybridized carbons (Fsp3) is 0. The maximum absolute atomic E-state index is 5.83. The fourth-order valence-corrected chi connectivity index (χ4v) is 1.86. The summed E-state index contributed by atoms with van der Waals surface area (Å²) in [4.78, 5) is 4.34. The largest absolute Gasteiger partial charge is 0.455 e. The Kier molecular flexibility index (Phi) is 2.57. The number of ether oxygens (including phenoxy) is 1. The van der Waals surface area contributed by atoms with E-state index in [1.165, 1.54) is 0 Å². The van der Waals surface area contributed by atoms with E-state index in [4.69, 9.17) is 10.5 Å². The molecule has 3 rings (SSSR count). The quantitative estimate of drug-likeness (QED) is 0.691. The van der Waals surface area contributed by atoms with E-state index in [9.17, 15) is 0 Å². The highest BCUT2D eigenvalue weighted by molar-refractivity contribution is 5.84. The van der Waals surface area contributed by atoms with Crippen LogP contribution in [-0.4, -0.2) is 4.98 Å². The molecule has 0 unspecified atom stereocenters. The number of para-hydroxylation sites is 1. The van der Waals surface area contributed by atoms with E-state index in [2.05, 4.69) is 4.98 Å². The van der Waals surface area contributed by atoms with Crippen molar-refractivity contribution >= 4 is 16.6 Å². The van der Waals surface area contributed by atoms with Crippen molar-refractivity contribution < 1.29 is 4.74 Å². The summed E-state index contributed by atoms with van der Waals surface area (Å²) in [7, 11) is 0. The van der Waals surface area contributed by atoms with Crippen molar-refractivity contribution in [1.82, 2.24) is 4.98 Å². The van der Waals surface area contributed by atoms with Gasteiger partial charge in [-0.25, -0.2) is 0 Å². The van der Waals surface area contributed by atoms with Crippen molar-refractivity contribution in [3.63, 3.8) is 0 Å². The maximum atomic E-state index is 5.83. The van der Waals surface area contributed by atoms with Crippen molar-refractivity contribution in [2.45, 2.75) is 0 Å². The van der Waals surface area contributed by atoms with Gasteiger partial charge in [0, 0.05) is 23.3 Å². The standard InChI is InChI=1S/C15H12N2O/c16-12-6-2-7-13(10-12)18-14-8-1-4-11-5-3-9-17-15(11)14/h1-10H,16H2. The molecule has 0 amide bonds. The molecule has 2 aromatic carbocycles. The lowest BCUT2D eigenvalue weighted by Gasteiger charge is -2.08. The number of hydrogen-bond acceptors (Lipinski definition) is 3. The molecule has 18 heavy (non-hydrogen) atoms. The van der Waals surface area contributed by atoms with E-state index in [1.54, 1.807) is 12.3 Å². The van der Waals surface area contributed by atoms with Gasteiger partial charge in [0.15, 0.2) is 5.75 Å². The van der Waals surface area contributed by atoms with Crippen LogP contribution in [0.15, 0.2) is 60.8 Å². The summed E-state index contributed by atoms with van der Waals surface area (Å²) >= 11 is 0. The lowest BCUT2D eigenvalue weighted by Crippen LogP contribution is -1.89. The Labute approximate surface area is 105 Å². The summed E-state index contributed by atoms with van der Waals surface area (Å²) in [5, 5.41) is 1.05. The third kappa shape index (κ3) is 1.98. The van der Waals surface area contributed by atoms with Crippen LogP contribution in [0.25, 0.3) is 10.9 Å². The van der Waals surface area contributed by atoms with Gasteiger partial charge < -0.3 is 10.5 Å². The van der Waals surface area contributed by atoms with Crippen LogP contribution in [0, 0.1) is 0 Å². The molecule has 1 heterocycles. The van der Waals surface area contributed by atoms with Crippen molar-refractivity contribution in [3.8, 4) is 11.5 Å². The SMILES string of the molecule is Nc1cccc(Oc2cccc3cccnc23)c1. The Morgan fingerprint density at radius 2 is 1.78 bits per heavy atom. The van der Waals surface area contributed by atoms with Gasteiger partial charge in [-0.05, 0) is 24.3 Å². The second-order valence-corrected chi connectivity index (χ2v) is 4.01. The minimum absolute atomic E-state index is 0.681. The number of hydrogen-bond donors (Lipinski definition) is 1. The smallest absolute Gasteiger partial charge is 0.153 e. The maximum Gasteiger partial charge on any atom is 0.153 e. The predicted octanol–water partition coefficient (Wildman–Crippen LogP) is 3.61. The number of pyridine rings is 1. The van der Waals surface area contributed by atoms with Crippen LogP contribution >= 0.6 is 0 Å². The van der Waals surface area contributed by atoms with Gasteiger partial charge in [0.1, 0.15) is 11.3 Å². The Hall–Kier alpha value is -2.55. The van der Waals surface area contributed by atoms with E-state index in [-0.39, 0.29) is 0 Å². The first-order valence-electron chi connectivity index (χ1n) is 5.70. The molecule has 0 bridgehead atoms. The van der Waals surface area contributed by atoms with Crippen LogP contribution in [0.4, 0.5) is 5.69 Å². The normalized spacial score (nSPS) is 10.4. The zero-order valence-corrected chi connectivity index (χ0v) is 9.71. The molecule has 0 aliphatic heterocycles. The Morgan fingerprint density at radius 1 is 0.944 bits per heavy atom. The van der Waals surface area contributed by atoms with E-state index in [1.807, 2.05) is 48.5 Å². The summed E-state index contributed by atoms with van der Waals surface area (Å²) in [5.41, 5.74) is 7.26. The third-order valence-corrected chi connectivity index (χ3v) is 2.68. The van der Waals surface area contributed by atoms with E-state index >= 15 is 0 Å². The number of nitrogens with two attached hydrogens (primary N) is 1. The van der Waals surface area contributed by atoms with Gasteiger partial charge >= 0.3 is 0 Å². The summed E-state index contributed by atoms with van der Waals surface area (Å²) in [6.07, 6.45) is 1.76. The first-order valence-corrected chi connectivity index (χ1v) is 5.70. The summed E-state index contributed by atoms with van der Waals surface area (Å²) < 4.78 is 5.83. The molecule has 3 nitrogen and oxygen atoms in total. The van der Waals surface area contributed by atoms with Crippen LogP contribution in [0.2, 0.25) is 0 Å². The lowest BCUT2D eigenvalue weighted by molar-refractivity contribution is 0.487. The molecular weight excluding hydrogens is 224 g/mol. The topological polar surface area (TPSA) is 48.1 Å². The van der Waals surface area contributed by atoms with Gasteiger partial charge in [0.2, 0.25) is 0 Å². The monoisotopic (exact) mass is 236 g/mol. The number of nitrogens with zero attached hydrogens (tertiary/aromatic N) is 1. The van der Waals surface area contributed by atoms with Crippen LogP contribution in [-0.2, 0) is 0 Å². The summed E-state index contributed by atoms with van der Waals surface area (Å²) in [5.74, 6) is 1.45. The highest BCUT2D eigenvalue weighted by Gasteiger charge is 2.04. The minimum Gasteiger partial charge on any atom is -0.455 e. The third-order valence-electron chi connectivity index (χ3n) is 2.68. The molecule has 88 valence electrons. The van der Waals surface area contributed by atoms with Gasteiger partial charge in [-0.1, -0.05) is 24.3 Å². The van der Waals surface area contributed by atoms with E-state index in [0.29, 0.717) is 11.4 Å². The van der Waals surface area contributed by atoms with Crippen molar-refractivity contribution in [2.24, 2.45) is 0 Å². The van der Waals surface area contributed by atoms with Crippen molar-refractivity contribution in [3.05, 3.63) is 60.8 Å². The molecule has 3 heteroatoms. The number of rotatable bonds is 2. The highest BCUT2D eigenvalue weighted by atomic mass is 16.5. The highest BCUT2D eigenvalue weighted by Crippen LogP contribution is 2.28. The van der Waals surface area contributed by atoms with Crippen molar-refractivity contribution in [2.75, 3.05) is 5.73 Å². The summed E-state index contributed by atoms with van der Waals surface area (Å²) in [6.45, 7) is 0. The minimum atomic E-state index is 0.681. The number of nitrogen functional groups attached to an aromatic ring is 1. The first kappa shape index (κ1) is 10.6. The molecular formula is C15H12N2O. The van der Waals surface area contributed by atoms with Gasteiger partial charge in [-0.3, -0.25) is 4.98 Å². The molecule has 0 spiro atoms. The number of anilines is 1. The molecule has 0 aliphatic rings. The van der Waals surface area contributed by atoms with Crippen LogP contribution in [0.5, 0.6) is 11.5 Å². The van der Waals surface area contributed by atoms with Crippen LogP contribution in [0.3, 0.4) is 0 Å². The first-order chi connectivity index (χ1) is 8.83. The van der Waals surface area contributed by atoms with E-state index in [0.717, 1.165) is 16.7 Å². The molecule has 2 N–H and O–H groups in total. The lowest BCUT2D eigenvalue weighted by atomic mass is 10.2. The Bertz CT molecular complexity index is 689. The molecule has 0 saturated carbocycles. The van der Waals surface area contributed by atoms with Gasteiger partial charge in [-0.15, -0.1) is 0 Å². The van der Waals surface area contributed by atoms with E-state index < -0.39 is 0 Å². The average molecular weight is 236 g/mol. The van der Waals surface area contributed by atoms with Gasteiger partial charge in [0.05, 0.1) is 0 Å². The second-order valence-electron chi connectivity index (χ2n) is 4.01. The van der Waals surface area contributed by atoms with Crippen LogP contribution < -0.4 is 10.5 Å². The van der Waals surface area contributed by atoms with Gasteiger partial charge in [0.25, 0.3) is 0 Å². The zero-order valence-electron chi connectivity index (χ0n) is 9.71. The second kappa shape index (κ2) is 4.37. The van der Waals surface area contributed by atoms with Crippen molar-refractivity contribution in [1.29, 1.82) is 0 Å². The number of fused-ring (bicyclic) bond motifs is 1. The molecule has 0 radical (unpaired) electrons. The predicted molar refractivity (Wildman–Crippen MR) is 72.7 cm³/mol. The Balaban J connectivity index is 2.05. The van der Waals surface area contributed by atoms with Crippen LogP contribution in [0.1, 0.15) is 0 Å². The molecule has 0 atom stereocenters. The fourth-order valence-electron chi connectivity index (χ4n) is 1.86. The zero-order chi connectivity index (χ0) is 12.4. The number of benzene rings is 2. The van der Waals surface area contributed by atoms with Gasteiger partial charge in [-0.2, -0.15) is 0 Å². The molecule has 0 aliphatic carbocycles. The summed E-state index contributed by atoms with van der Waals surface area (Å²) in [6, 6.07) is 17.1. The number of aromatic nitrogens is 1. The molecule has 0 saturated heterocycles. The molecule has 3 aromatic rings.